The van der Waals surface area contributed by atoms with Crippen molar-refractivity contribution in [1.82, 2.24) is 14.8 Å². The van der Waals surface area contributed by atoms with Gasteiger partial charge in [0, 0.05) is 23.0 Å². The Morgan fingerprint density at radius 1 is 1.19 bits per heavy atom. The van der Waals surface area contributed by atoms with Crippen LogP contribution in [0.25, 0.3) is 10.9 Å². The first-order valence-electron chi connectivity index (χ1n) is 8.75. The number of hydrogen-bond acceptors (Lipinski definition) is 3. The Morgan fingerprint density at radius 2 is 2.00 bits per heavy atom. The van der Waals surface area contributed by atoms with Gasteiger partial charge in [0.1, 0.15) is 11.8 Å². The van der Waals surface area contributed by atoms with Crippen LogP contribution in [0.4, 0.5) is 4.79 Å². The number of para-hydroxylation sites is 1. The maximum atomic E-state index is 13.1. The molecule has 0 radical (unpaired) electrons. The molecular formula is C20H19N3O3. The molecule has 26 heavy (non-hydrogen) atoms. The van der Waals surface area contributed by atoms with E-state index in [9.17, 15) is 9.59 Å². The number of aromatic amines is 1. The summed E-state index contributed by atoms with van der Waals surface area (Å²) in [7, 11) is 0. The van der Waals surface area contributed by atoms with Crippen molar-refractivity contribution in [2.24, 2.45) is 0 Å². The molecule has 1 atom stereocenters. The number of nitrogens with one attached hydrogen (secondary N) is 1. The molecule has 0 bridgehead atoms. The fourth-order valence-corrected chi connectivity index (χ4v) is 4.41. The number of H-pyrrole nitrogens is 1. The number of urea groups is 1. The lowest BCUT2D eigenvalue weighted by atomic mass is 9.85. The molecule has 1 aromatic carbocycles. The predicted octanol–water partition coefficient (Wildman–Crippen LogP) is 3.39. The van der Waals surface area contributed by atoms with Gasteiger partial charge in [-0.2, -0.15) is 0 Å². The van der Waals surface area contributed by atoms with Gasteiger partial charge < -0.3 is 14.3 Å². The highest BCUT2D eigenvalue weighted by molar-refractivity contribution is 6.05. The number of nitrogens with zero attached hydrogens (tertiary/aromatic N) is 2. The van der Waals surface area contributed by atoms with Crippen LogP contribution in [-0.4, -0.2) is 32.8 Å². The molecule has 5 rings (SSSR count). The molecule has 2 aliphatic heterocycles. The van der Waals surface area contributed by atoms with Crippen LogP contribution in [0.3, 0.4) is 0 Å². The van der Waals surface area contributed by atoms with Crippen LogP contribution >= 0.6 is 0 Å². The average Bonchev–Trinajstić information content (AvgIpc) is 3.30. The van der Waals surface area contributed by atoms with Gasteiger partial charge in [0.25, 0.3) is 5.91 Å². The standard InChI is InChI=1S/C20H19N3O3/c1-20(2)17-14(13-7-3-4-8-15(13)21-17)10-16-18(24)22(19(25)23(16)20)11-12-6-5-9-26-12/h3-9,16,21H,10-11H2,1-2H3/t16-/m1/s1. The summed E-state index contributed by atoms with van der Waals surface area (Å²) in [5.74, 6) is 0.448. The van der Waals surface area contributed by atoms with Crippen molar-refractivity contribution >= 4 is 22.8 Å². The number of imide groups is 1. The molecule has 0 spiro atoms. The van der Waals surface area contributed by atoms with E-state index in [0.29, 0.717) is 12.2 Å². The third-order valence-electron chi connectivity index (χ3n) is 5.62. The van der Waals surface area contributed by atoms with Gasteiger partial charge in [0.2, 0.25) is 0 Å². The van der Waals surface area contributed by atoms with E-state index in [0.717, 1.165) is 22.2 Å². The van der Waals surface area contributed by atoms with Crippen LogP contribution in [-0.2, 0) is 23.3 Å². The highest BCUT2D eigenvalue weighted by atomic mass is 16.3. The maximum Gasteiger partial charge on any atom is 0.328 e. The average molecular weight is 349 g/mol. The predicted molar refractivity (Wildman–Crippen MR) is 95.3 cm³/mol. The molecule has 3 aromatic rings. The summed E-state index contributed by atoms with van der Waals surface area (Å²) in [6, 6.07) is 10.9. The van der Waals surface area contributed by atoms with Gasteiger partial charge in [-0.3, -0.25) is 9.69 Å². The zero-order valence-corrected chi connectivity index (χ0v) is 14.7. The highest BCUT2D eigenvalue weighted by Crippen LogP contribution is 2.44. The molecule has 132 valence electrons. The first-order chi connectivity index (χ1) is 12.5. The quantitative estimate of drug-likeness (QED) is 0.721. The second-order valence-electron chi connectivity index (χ2n) is 7.46. The molecule has 2 aromatic heterocycles. The van der Waals surface area contributed by atoms with E-state index in [1.54, 1.807) is 23.3 Å². The number of amides is 3. The minimum absolute atomic E-state index is 0.157. The molecule has 6 nitrogen and oxygen atoms in total. The number of furan rings is 1. The van der Waals surface area contributed by atoms with Gasteiger partial charge in [-0.1, -0.05) is 18.2 Å². The molecular weight excluding hydrogens is 330 g/mol. The molecule has 1 N–H and O–H groups in total. The zero-order chi connectivity index (χ0) is 18.1. The van der Waals surface area contributed by atoms with E-state index in [2.05, 4.69) is 11.1 Å². The number of carbonyl (C=O) groups excluding carboxylic acids is 2. The maximum absolute atomic E-state index is 13.1. The summed E-state index contributed by atoms with van der Waals surface area (Å²) in [4.78, 5) is 32.6. The molecule has 1 fully saturated rings. The van der Waals surface area contributed by atoms with Crippen LogP contribution < -0.4 is 0 Å². The molecule has 2 aliphatic rings. The van der Waals surface area contributed by atoms with Gasteiger partial charge in [-0.25, -0.2) is 4.79 Å². The van der Waals surface area contributed by atoms with Crippen LogP contribution in [0, 0.1) is 0 Å². The Kier molecular flexibility index (Phi) is 2.93. The summed E-state index contributed by atoms with van der Waals surface area (Å²) >= 11 is 0. The van der Waals surface area contributed by atoms with Crippen LogP contribution in [0.5, 0.6) is 0 Å². The Bertz CT molecular complexity index is 1030. The number of carbonyl (C=O) groups is 2. The van der Waals surface area contributed by atoms with Crippen molar-refractivity contribution in [3.63, 3.8) is 0 Å². The number of rotatable bonds is 2. The smallest absolute Gasteiger partial charge is 0.328 e. The lowest BCUT2D eigenvalue weighted by molar-refractivity contribution is -0.129. The van der Waals surface area contributed by atoms with Crippen molar-refractivity contribution < 1.29 is 14.0 Å². The van der Waals surface area contributed by atoms with Gasteiger partial charge in [-0.15, -0.1) is 0 Å². The van der Waals surface area contributed by atoms with Gasteiger partial charge >= 0.3 is 6.03 Å². The van der Waals surface area contributed by atoms with E-state index in [-0.39, 0.29) is 18.5 Å². The fraction of sp³-hybridized carbons (Fsp3) is 0.300. The van der Waals surface area contributed by atoms with E-state index < -0.39 is 11.6 Å². The van der Waals surface area contributed by atoms with E-state index in [1.807, 2.05) is 32.0 Å². The Balaban J connectivity index is 1.60. The minimum Gasteiger partial charge on any atom is -0.467 e. The summed E-state index contributed by atoms with van der Waals surface area (Å²) in [6.45, 7) is 4.16. The second-order valence-corrected chi connectivity index (χ2v) is 7.46. The van der Waals surface area contributed by atoms with Crippen LogP contribution in [0.2, 0.25) is 0 Å². The van der Waals surface area contributed by atoms with E-state index in [4.69, 9.17) is 4.42 Å². The molecule has 0 saturated carbocycles. The summed E-state index contributed by atoms with van der Waals surface area (Å²) < 4.78 is 5.33. The third-order valence-corrected chi connectivity index (χ3v) is 5.62. The van der Waals surface area contributed by atoms with Gasteiger partial charge in [0.05, 0.1) is 18.3 Å². The molecule has 0 unspecified atom stereocenters. The highest BCUT2D eigenvalue weighted by Gasteiger charge is 2.55. The number of hydrogen-bond donors (Lipinski definition) is 1. The summed E-state index contributed by atoms with van der Waals surface area (Å²) in [5.41, 5.74) is 2.59. The Labute approximate surface area is 150 Å². The van der Waals surface area contributed by atoms with Crippen LogP contribution in [0.1, 0.15) is 30.9 Å². The van der Waals surface area contributed by atoms with Crippen molar-refractivity contribution in [3.05, 3.63) is 59.7 Å². The number of benzene rings is 1. The van der Waals surface area contributed by atoms with E-state index >= 15 is 0 Å². The van der Waals surface area contributed by atoms with Gasteiger partial charge in [-0.05, 0) is 37.6 Å². The van der Waals surface area contributed by atoms with Crippen molar-refractivity contribution in [3.8, 4) is 0 Å². The van der Waals surface area contributed by atoms with Gasteiger partial charge in [0.15, 0.2) is 0 Å². The second kappa shape index (κ2) is 5.00. The molecule has 3 amide bonds. The van der Waals surface area contributed by atoms with Crippen molar-refractivity contribution in [2.45, 2.75) is 38.4 Å². The van der Waals surface area contributed by atoms with Crippen molar-refractivity contribution in [2.75, 3.05) is 0 Å². The Morgan fingerprint density at radius 3 is 2.77 bits per heavy atom. The zero-order valence-electron chi connectivity index (χ0n) is 14.7. The molecule has 1 saturated heterocycles. The molecule has 0 aliphatic carbocycles. The first-order valence-corrected chi connectivity index (χ1v) is 8.75. The largest absolute Gasteiger partial charge is 0.467 e. The molecule has 6 heteroatoms. The number of aromatic nitrogens is 1. The monoisotopic (exact) mass is 349 g/mol. The topological polar surface area (TPSA) is 69.5 Å². The van der Waals surface area contributed by atoms with Crippen LogP contribution in [0.15, 0.2) is 47.1 Å². The summed E-state index contributed by atoms with van der Waals surface area (Å²) in [5, 5.41) is 1.12. The summed E-state index contributed by atoms with van der Waals surface area (Å²) in [6.07, 6.45) is 2.08. The lowest BCUT2D eigenvalue weighted by Crippen LogP contribution is -2.52. The third kappa shape index (κ3) is 1.87. The fourth-order valence-electron chi connectivity index (χ4n) is 4.41. The number of fused-ring (bicyclic) bond motifs is 4. The van der Waals surface area contributed by atoms with E-state index in [1.165, 1.54) is 4.90 Å². The SMILES string of the molecule is CC1(C)c2[nH]c3ccccc3c2C[C@@H]2C(=O)N(Cc3ccco3)C(=O)N21. The first kappa shape index (κ1) is 15.3. The normalized spacial score (nSPS) is 21.4. The lowest BCUT2D eigenvalue weighted by Gasteiger charge is -2.42. The van der Waals surface area contributed by atoms with Crippen molar-refractivity contribution in [1.29, 1.82) is 0 Å². The minimum atomic E-state index is -0.595. The Hall–Kier alpha value is -3.02. The molecule has 4 heterocycles.